The SMILES string of the molecule is Nc1[nH]ncc1C(O)C1=CCCO1. The first kappa shape index (κ1) is 8.12. The molecule has 70 valence electrons. The average Bonchev–Trinajstić information content (AvgIpc) is 2.72. The van der Waals surface area contributed by atoms with E-state index in [1.54, 1.807) is 0 Å². The average molecular weight is 181 g/mol. The number of aliphatic hydroxyl groups is 1. The van der Waals surface area contributed by atoms with Crippen molar-refractivity contribution in [2.45, 2.75) is 12.5 Å². The summed E-state index contributed by atoms with van der Waals surface area (Å²) in [5.41, 5.74) is 6.11. The molecule has 0 aliphatic carbocycles. The van der Waals surface area contributed by atoms with Gasteiger partial charge < -0.3 is 15.6 Å². The highest BCUT2D eigenvalue weighted by Gasteiger charge is 2.21. The molecule has 0 saturated carbocycles. The van der Waals surface area contributed by atoms with Crippen LogP contribution in [-0.4, -0.2) is 21.9 Å². The van der Waals surface area contributed by atoms with Gasteiger partial charge in [-0.15, -0.1) is 0 Å². The van der Waals surface area contributed by atoms with Crippen LogP contribution in [0, 0.1) is 0 Å². The van der Waals surface area contributed by atoms with Crippen LogP contribution in [0.3, 0.4) is 0 Å². The van der Waals surface area contributed by atoms with Crippen LogP contribution in [0.1, 0.15) is 18.1 Å². The van der Waals surface area contributed by atoms with Gasteiger partial charge in [-0.05, 0) is 6.08 Å². The van der Waals surface area contributed by atoms with Crippen molar-refractivity contribution in [3.63, 3.8) is 0 Å². The monoisotopic (exact) mass is 181 g/mol. The van der Waals surface area contributed by atoms with E-state index in [4.69, 9.17) is 10.5 Å². The van der Waals surface area contributed by atoms with Gasteiger partial charge in [0, 0.05) is 12.0 Å². The van der Waals surface area contributed by atoms with Crippen molar-refractivity contribution in [3.05, 3.63) is 23.6 Å². The fraction of sp³-hybridized carbons (Fsp3) is 0.375. The zero-order valence-corrected chi connectivity index (χ0v) is 7.03. The summed E-state index contributed by atoms with van der Waals surface area (Å²) in [6.07, 6.45) is 3.41. The van der Waals surface area contributed by atoms with Crippen LogP contribution in [-0.2, 0) is 4.74 Å². The molecular formula is C8H11N3O2. The third-order valence-corrected chi connectivity index (χ3v) is 2.00. The van der Waals surface area contributed by atoms with Gasteiger partial charge >= 0.3 is 0 Å². The van der Waals surface area contributed by atoms with Gasteiger partial charge in [-0.3, -0.25) is 5.10 Å². The van der Waals surface area contributed by atoms with Crippen molar-refractivity contribution < 1.29 is 9.84 Å². The van der Waals surface area contributed by atoms with Crippen LogP contribution in [0.5, 0.6) is 0 Å². The van der Waals surface area contributed by atoms with Crippen molar-refractivity contribution in [2.75, 3.05) is 12.3 Å². The van der Waals surface area contributed by atoms with E-state index in [-0.39, 0.29) is 0 Å². The fourth-order valence-electron chi connectivity index (χ4n) is 1.30. The van der Waals surface area contributed by atoms with E-state index >= 15 is 0 Å². The molecule has 5 heteroatoms. The molecule has 1 aliphatic rings. The number of aromatic nitrogens is 2. The van der Waals surface area contributed by atoms with Gasteiger partial charge in [0.2, 0.25) is 0 Å². The number of nitrogens with two attached hydrogens (primary N) is 1. The number of hydrogen-bond acceptors (Lipinski definition) is 4. The highest BCUT2D eigenvalue weighted by atomic mass is 16.5. The number of nitrogens with one attached hydrogen (secondary N) is 1. The van der Waals surface area contributed by atoms with Crippen molar-refractivity contribution in [2.24, 2.45) is 0 Å². The highest BCUT2D eigenvalue weighted by molar-refractivity contribution is 5.41. The van der Waals surface area contributed by atoms with Crippen LogP contribution in [0.25, 0.3) is 0 Å². The Kier molecular flexibility index (Phi) is 1.94. The summed E-state index contributed by atoms with van der Waals surface area (Å²) in [5, 5.41) is 16.0. The first-order valence-corrected chi connectivity index (χ1v) is 4.08. The smallest absolute Gasteiger partial charge is 0.141 e. The van der Waals surface area contributed by atoms with E-state index in [1.807, 2.05) is 6.08 Å². The van der Waals surface area contributed by atoms with Gasteiger partial charge in [-0.1, -0.05) is 0 Å². The molecule has 1 aromatic rings. The molecule has 0 radical (unpaired) electrons. The Morgan fingerprint density at radius 2 is 2.54 bits per heavy atom. The van der Waals surface area contributed by atoms with Crippen molar-refractivity contribution >= 4 is 5.82 Å². The van der Waals surface area contributed by atoms with E-state index in [9.17, 15) is 5.11 Å². The Morgan fingerprint density at radius 3 is 3.08 bits per heavy atom. The second-order valence-corrected chi connectivity index (χ2v) is 2.89. The van der Waals surface area contributed by atoms with E-state index in [0.717, 1.165) is 6.42 Å². The van der Waals surface area contributed by atoms with E-state index < -0.39 is 6.10 Å². The molecule has 13 heavy (non-hydrogen) atoms. The number of aliphatic hydroxyl groups excluding tert-OH is 1. The molecule has 5 nitrogen and oxygen atoms in total. The molecule has 0 amide bonds. The molecular weight excluding hydrogens is 170 g/mol. The molecule has 0 aromatic carbocycles. The molecule has 2 rings (SSSR count). The predicted octanol–water partition coefficient (Wildman–Crippen LogP) is 0.329. The summed E-state index contributed by atoms with van der Waals surface area (Å²) in [4.78, 5) is 0. The topological polar surface area (TPSA) is 84.2 Å². The van der Waals surface area contributed by atoms with Crippen LogP contribution >= 0.6 is 0 Å². The summed E-state index contributed by atoms with van der Waals surface area (Å²) in [5.74, 6) is 0.942. The quantitative estimate of drug-likeness (QED) is 0.613. The van der Waals surface area contributed by atoms with Gasteiger partial charge in [-0.25, -0.2) is 0 Å². The normalized spacial score (nSPS) is 18.1. The van der Waals surface area contributed by atoms with Crippen molar-refractivity contribution in [1.29, 1.82) is 0 Å². The van der Waals surface area contributed by atoms with Gasteiger partial charge in [0.05, 0.1) is 12.8 Å². The van der Waals surface area contributed by atoms with E-state index in [1.165, 1.54) is 6.20 Å². The lowest BCUT2D eigenvalue weighted by molar-refractivity contribution is 0.119. The number of ether oxygens (including phenoxy) is 1. The number of nitrogen functional groups attached to an aromatic ring is 1. The van der Waals surface area contributed by atoms with Gasteiger partial charge in [0.25, 0.3) is 0 Å². The van der Waals surface area contributed by atoms with Gasteiger partial charge in [0.1, 0.15) is 17.7 Å². The summed E-state index contributed by atoms with van der Waals surface area (Å²) in [7, 11) is 0. The lowest BCUT2D eigenvalue weighted by Crippen LogP contribution is -2.03. The molecule has 1 atom stereocenters. The summed E-state index contributed by atoms with van der Waals surface area (Å²) >= 11 is 0. The van der Waals surface area contributed by atoms with Crippen LogP contribution in [0.15, 0.2) is 18.0 Å². The first-order chi connectivity index (χ1) is 6.29. The molecule has 0 fully saturated rings. The number of anilines is 1. The maximum Gasteiger partial charge on any atom is 0.141 e. The molecule has 1 aromatic heterocycles. The standard InChI is InChI=1S/C8H11N3O2/c9-8-5(4-10-11-8)7(12)6-2-1-3-13-6/h2,4,7,12H,1,3H2,(H3,9,10,11). The molecule has 0 spiro atoms. The maximum absolute atomic E-state index is 9.76. The minimum Gasteiger partial charge on any atom is -0.495 e. The molecule has 1 aliphatic heterocycles. The maximum atomic E-state index is 9.76. The molecule has 0 bridgehead atoms. The third kappa shape index (κ3) is 1.38. The second kappa shape index (κ2) is 3.10. The molecule has 0 saturated heterocycles. The van der Waals surface area contributed by atoms with Crippen LogP contribution in [0.2, 0.25) is 0 Å². The van der Waals surface area contributed by atoms with E-state index in [0.29, 0.717) is 23.7 Å². The van der Waals surface area contributed by atoms with Gasteiger partial charge in [-0.2, -0.15) is 5.10 Å². The second-order valence-electron chi connectivity index (χ2n) is 2.89. The Bertz CT molecular complexity index is 332. The highest BCUT2D eigenvalue weighted by Crippen LogP contribution is 2.28. The number of rotatable bonds is 2. The first-order valence-electron chi connectivity index (χ1n) is 4.08. The van der Waals surface area contributed by atoms with E-state index in [2.05, 4.69) is 10.2 Å². The molecule has 1 unspecified atom stereocenters. The third-order valence-electron chi connectivity index (χ3n) is 2.00. The Labute approximate surface area is 75.2 Å². The Balaban J connectivity index is 2.21. The largest absolute Gasteiger partial charge is 0.495 e. The number of H-pyrrole nitrogens is 1. The molecule has 4 N–H and O–H groups in total. The van der Waals surface area contributed by atoms with Crippen molar-refractivity contribution in [1.82, 2.24) is 10.2 Å². The van der Waals surface area contributed by atoms with Gasteiger partial charge in [0.15, 0.2) is 0 Å². The predicted molar refractivity (Wildman–Crippen MR) is 46.6 cm³/mol. The lowest BCUT2D eigenvalue weighted by atomic mass is 10.1. The minimum absolute atomic E-state index is 0.379. The summed E-state index contributed by atoms with van der Waals surface area (Å²) < 4.78 is 5.21. The Hall–Kier alpha value is -1.49. The number of hydrogen-bond donors (Lipinski definition) is 3. The van der Waals surface area contributed by atoms with Crippen molar-refractivity contribution in [3.8, 4) is 0 Å². The summed E-state index contributed by atoms with van der Waals surface area (Å²) in [6, 6.07) is 0. The fourth-order valence-corrected chi connectivity index (χ4v) is 1.30. The zero-order valence-electron chi connectivity index (χ0n) is 7.03. The summed E-state index contributed by atoms with van der Waals surface area (Å²) in [6.45, 7) is 0.629. The molecule has 2 heterocycles. The Morgan fingerprint density at radius 1 is 1.69 bits per heavy atom. The number of nitrogens with zero attached hydrogens (tertiary/aromatic N) is 1. The minimum atomic E-state index is -0.791. The van der Waals surface area contributed by atoms with Crippen LogP contribution in [0.4, 0.5) is 5.82 Å². The zero-order chi connectivity index (χ0) is 9.26. The lowest BCUT2D eigenvalue weighted by Gasteiger charge is -2.10. The van der Waals surface area contributed by atoms with Crippen LogP contribution < -0.4 is 5.73 Å². The number of aromatic amines is 1.